The molecule has 2 aliphatic heterocycles. The van der Waals surface area contributed by atoms with Crippen molar-refractivity contribution in [3.05, 3.63) is 34.3 Å². The molecule has 3 heterocycles. The van der Waals surface area contributed by atoms with Gasteiger partial charge < -0.3 is 14.4 Å². The van der Waals surface area contributed by atoms with Gasteiger partial charge in [0.2, 0.25) is 0 Å². The second kappa shape index (κ2) is 8.90. The highest BCUT2D eigenvalue weighted by molar-refractivity contribution is 7.15. The van der Waals surface area contributed by atoms with Crippen molar-refractivity contribution >= 4 is 16.5 Å². The molecule has 0 spiro atoms. The number of thiazole rings is 1. The molecular weight excluding hydrogens is 384 g/mol. The molecule has 1 aromatic heterocycles. The van der Waals surface area contributed by atoms with E-state index in [1.54, 1.807) is 25.6 Å². The Hall–Kier alpha value is -1.83. The van der Waals surface area contributed by atoms with Crippen molar-refractivity contribution in [2.75, 3.05) is 52.8 Å². The van der Waals surface area contributed by atoms with Crippen molar-refractivity contribution in [1.29, 1.82) is 0 Å². The number of benzene rings is 1. The molecule has 0 radical (unpaired) electrons. The molecule has 29 heavy (non-hydrogen) atoms. The van der Waals surface area contributed by atoms with Crippen LogP contribution in [0.5, 0.6) is 11.5 Å². The summed E-state index contributed by atoms with van der Waals surface area (Å²) < 4.78 is 11.0. The van der Waals surface area contributed by atoms with Gasteiger partial charge in [-0.25, -0.2) is 4.98 Å². The number of hydrogen-bond donors (Lipinski definition) is 0. The van der Waals surface area contributed by atoms with Crippen LogP contribution in [0, 0.1) is 0 Å². The monoisotopic (exact) mass is 416 g/mol. The Morgan fingerprint density at radius 1 is 1.14 bits per heavy atom. The van der Waals surface area contributed by atoms with Crippen LogP contribution in [0.1, 0.15) is 28.8 Å². The number of methoxy groups -OCH3 is 2. The molecule has 1 atom stereocenters. The molecule has 0 aliphatic carbocycles. The number of rotatable bonds is 6. The Morgan fingerprint density at radius 3 is 2.59 bits per heavy atom. The number of aromatic nitrogens is 1. The maximum absolute atomic E-state index is 5.53. The minimum atomic E-state index is 0.617. The lowest BCUT2D eigenvalue weighted by atomic mass is 9.95. The summed E-state index contributed by atoms with van der Waals surface area (Å²) in [5, 5.41) is 1.09. The standard InChI is InChI=1S/C22H32N4O2S/c1-24(2)22-23-12-19(29-22)15-25-8-5-6-18(14-25)26-9-7-16-10-20(27-3)21(28-4)11-17(16)13-26/h10-12,18H,5-9,13-15H2,1-4H3. The predicted octanol–water partition coefficient (Wildman–Crippen LogP) is 3.25. The van der Waals surface area contributed by atoms with Gasteiger partial charge in [0.25, 0.3) is 0 Å². The first-order chi connectivity index (χ1) is 14.1. The van der Waals surface area contributed by atoms with E-state index in [1.807, 2.05) is 6.20 Å². The van der Waals surface area contributed by atoms with Crippen LogP contribution in [0.15, 0.2) is 18.3 Å². The van der Waals surface area contributed by atoms with Gasteiger partial charge in [0.05, 0.1) is 14.2 Å². The van der Waals surface area contributed by atoms with Crippen LogP contribution in [0.25, 0.3) is 0 Å². The molecule has 2 aromatic rings. The van der Waals surface area contributed by atoms with Gasteiger partial charge in [-0.2, -0.15) is 0 Å². The predicted molar refractivity (Wildman–Crippen MR) is 118 cm³/mol. The Morgan fingerprint density at radius 2 is 1.90 bits per heavy atom. The smallest absolute Gasteiger partial charge is 0.185 e. The van der Waals surface area contributed by atoms with E-state index in [-0.39, 0.29) is 0 Å². The highest BCUT2D eigenvalue weighted by Gasteiger charge is 2.29. The van der Waals surface area contributed by atoms with Crippen molar-refractivity contribution < 1.29 is 9.47 Å². The van der Waals surface area contributed by atoms with E-state index in [1.165, 1.54) is 35.4 Å². The number of nitrogens with zero attached hydrogens (tertiary/aromatic N) is 4. The lowest BCUT2D eigenvalue weighted by Crippen LogP contribution is -2.49. The molecule has 0 bridgehead atoms. The maximum atomic E-state index is 5.53. The first-order valence-corrected chi connectivity index (χ1v) is 11.2. The third kappa shape index (κ3) is 4.52. The fraction of sp³-hybridized carbons (Fsp3) is 0.591. The number of likely N-dealkylation sites (tertiary alicyclic amines) is 1. The maximum Gasteiger partial charge on any atom is 0.185 e. The van der Waals surface area contributed by atoms with Gasteiger partial charge in [0, 0.05) is 57.4 Å². The molecule has 1 aromatic carbocycles. The number of piperidine rings is 1. The van der Waals surface area contributed by atoms with Crippen LogP contribution in [0.4, 0.5) is 5.13 Å². The molecule has 1 saturated heterocycles. The zero-order valence-corrected chi connectivity index (χ0v) is 18.8. The largest absolute Gasteiger partial charge is 0.493 e. The van der Waals surface area contributed by atoms with Gasteiger partial charge in [-0.05, 0) is 49.1 Å². The summed E-state index contributed by atoms with van der Waals surface area (Å²) in [5.74, 6) is 1.67. The molecule has 1 unspecified atom stereocenters. The highest BCUT2D eigenvalue weighted by Crippen LogP contribution is 2.34. The summed E-state index contributed by atoms with van der Waals surface area (Å²) in [6, 6.07) is 4.94. The van der Waals surface area contributed by atoms with Crippen molar-refractivity contribution in [3.63, 3.8) is 0 Å². The molecule has 4 rings (SSSR count). The second-order valence-electron chi connectivity index (χ2n) is 8.23. The summed E-state index contributed by atoms with van der Waals surface area (Å²) in [6.45, 7) is 5.45. The summed E-state index contributed by atoms with van der Waals surface area (Å²) in [6.07, 6.45) is 5.66. The van der Waals surface area contributed by atoms with E-state index in [0.29, 0.717) is 6.04 Å². The highest BCUT2D eigenvalue weighted by atomic mass is 32.1. The fourth-order valence-electron chi connectivity index (χ4n) is 4.49. The van der Waals surface area contributed by atoms with Gasteiger partial charge >= 0.3 is 0 Å². The average Bonchev–Trinajstić information content (AvgIpc) is 3.21. The minimum absolute atomic E-state index is 0.617. The Labute approximate surface area is 178 Å². The third-order valence-electron chi connectivity index (χ3n) is 6.05. The van der Waals surface area contributed by atoms with Crippen LogP contribution in [-0.2, 0) is 19.5 Å². The zero-order chi connectivity index (χ0) is 20.4. The van der Waals surface area contributed by atoms with Crippen molar-refractivity contribution in [1.82, 2.24) is 14.8 Å². The molecule has 1 fully saturated rings. The Bertz CT molecular complexity index is 838. The summed E-state index contributed by atoms with van der Waals surface area (Å²) in [7, 11) is 7.53. The van der Waals surface area contributed by atoms with E-state index >= 15 is 0 Å². The quantitative estimate of drug-likeness (QED) is 0.720. The van der Waals surface area contributed by atoms with Gasteiger partial charge in [0.1, 0.15) is 0 Å². The molecule has 0 N–H and O–H groups in total. The number of fused-ring (bicyclic) bond motifs is 1. The Kier molecular flexibility index (Phi) is 6.27. The van der Waals surface area contributed by atoms with Crippen molar-refractivity contribution in [3.8, 4) is 11.5 Å². The summed E-state index contributed by atoms with van der Waals surface area (Å²) in [4.78, 5) is 13.2. The topological polar surface area (TPSA) is 41.1 Å². The summed E-state index contributed by atoms with van der Waals surface area (Å²) in [5.41, 5.74) is 2.77. The third-order valence-corrected chi connectivity index (χ3v) is 7.20. The van der Waals surface area contributed by atoms with Crippen LogP contribution in [-0.4, -0.2) is 68.8 Å². The van der Waals surface area contributed by atoms with Crippen LogP contribution < -0.4 is 14.4 Å². The zero-order valence-electron chi connectivity index (χ0n) is 18.0. The number of ether oxygens (including phenoxy) is 2. The first-order valence-electron chi connectivity index (χ1n) is 10.4. The second-order valence-corrected chi connectivity index (χ2v) is 9.32. The normalized spacial score (nSPS) is 20.3. The SMILES string of the molecule is COc1cc2c(cc1OC)CN(C1CCCN(Cc3cnc(N(C)C)s3)C1)CC2. The van der Waals surface area contributed by atoms with Gasteiger partial charge in [-0.15, -0.1) is 11.3 Å². The van der Waals surface area contributed by atoms with E-state index in [0.717, 1.165) is 49.2 Å². The average molecular weight is 417 g/mol. The molecule has 2 aliphatic rings. The fourth-order valence-corrected chi connectivity index (χ4v) is 5.36. The van der Waals surface area contributed by atoms with Gasteiger partial charge in [-0.3, -0.25) is 9.80 Å². The number of hydrogen-bond acceptors (Lipinski definition) is 7. The first kappa shape index (κ1) is 20.4. The molecule has 6 nitrogen and oxygen atoms in total. The van der Waals surface area contributed by atoms with Crippen LogP contribution in [0.2, 0.25) is 0 Å². The lowest BCUT2D eigenvalue weighted by Gasteiger charge is -2.41. The molecule has 7 heteroatoms. The van der Waals surface area contributed by atoms with E-state index < -0.39 is 0 Å². The molecular formula is C22H32N4O2S. The molecule has 0 amide bonds. The van der Waals surface area contributed by atoms with E-state index in [9.17, 15) is 0 Å². The van der Waals surface area contributed by atoms with Crippen LogP contribution in [0.3, 0.4) is 0 Å². The van der Waals surface area contributed by atoms with Gasteiger partial charge in [-0.1, -0.05) is 0 Å². The molecule has 158 valence electrons. The lowest BCUT2D eigenvalue weighted by molar-refractivity contribution is 0.0842. The van der Waals surface area contributed by atoms with Crippen LogP contribution >= 0.6 is 11.3 Å². The van der Waals surface area contributed by atoms with Crippen molar-refractivity contribution in [2.45, 2.75) is 38.4 Å². The molecule has 0 saturated carbocycles. The van der Waals surface area contributed by atoms with Crippen molar-refractivity contribution in [2.24, 2.45) is 0 Å². The van der Waals surface area contributed by atoms with Gasteiger partial charge in [0.15, 0.2) is 16.6 Å². The van der Waals surface area contributed by atoms with E-state index in [2.05, 4.69) is 45.9 Å². The summed E-state index contributed by atoms with van der Waals surface area (Å²) >= 11 is 1.80. The Balaban J connectivity index is 1.41. The minimum Gasteiger partial charge on any atom is -0.493 e. The van der Waals surface area contributed by atoms with E-state index in [4.69, 9.17) is 9.47 Å². The number of anilines is 1.